The van der Waals surface area contributed by atoms with Crippen LogP contribution in [0.1, 0.15) is 24.8 Å². The number of hydrogen-bond acceptors (Lipinski definition) is 3. The van der Waals surface area contributed by atoms with Crippen molar-refractivity contribution in [2.24, 2.45) is 0 Å². The molecule has 4 nitrogen and oxygen atoms in total. The van der Waals surface area contributed by atoms with E-state index in [0.29, 0.717) is 0 Å². The first-order valence-electron chi connectivity index (χ1n) is 7.36. The van der Waals surface area contributed by atoms with Gasteiger partial charge >= 0.3 is 0 Å². The number of aromatic nitrogens is 2. The molecule has 0 saturated heterocycles. The molecule has 1 aliphatic rings. The molecule has 0 amide bonds. The van der Waals surface area contributed by atoms with Crippen LogP contribution < -0.4 is 5.73 Å². The molecule has 4 heteroatoms. The molecular weight excluding hydrogens is 248 g/mol. The van der Waals surface area contributed by atoms with Crippen molar-refractivity contribution in [3.63, 3.8) is 0 Å². The number of para-hydroxylation sites is 1. The second-order valence-corrected chi connectivity index (χ2v) is 5.55. The number of aryl methyl sites for hydroxylation is 1. The number of rotatable bonds is 7. The Labute approximate surface area is 120 Å². The van der Waals surface area contributed by atoms with Crippen molar-refractivity contribution in [2.75, 3.05) is 12.3 Å². The van der Waals surface area contributed by atoms with E-state index in [0.717, 1.165) is 37.8 Å². The number of benzene rings is 1. The monoisotopic (exact) mass is 270 g/mol. The Morgan fingerprint density at radius 3 is 2.85 bits per heavy atom. The predicted octanol–water partition coefficient (Wildman–Crippen LogP) is 2.52. The summed E-state index contributed by atoms with van der Waals surface area (Å²) < 4.78 is 2.14. The molecule has 2 N–H and O–H groups in total. The van der Waals surface area contributed by atoms with Crippen molar-refractivity contribution in [2.45, 2.75) is 38.4 Å². The van der Waals surface area contributed by atoms with Gasteiger partial charge in [-0.1, -0.05) is 18.2 Å². The average molecular weight is 270 g/mol. The Kier molecular flexibility index (Phi) is 4.02. The van der Waals surface area contributed by atoms with Gasteiger partial charge in [-0.15, -0.1) is 0 Å². The fourth-order valence-electron chi connectivity index (χ4n) is 2.60. The number of nitrogen functional groups attached to an aromatic ring is 1. The van der Waals surface area contributed by atoms with Crippen LogP contribution in [0.4, 0.5) is 5.69 Å². The van der Waals surface area contributed by atoms with Gasteiger partial charge in [0.25, 0.3) is 0 Å². The third kappa shape index (κ3) is 3.39. The molecule has 1 aliphatic carbocycles. The molecule has 106 valence electrons. The van der Waals surface area contributed by atoms with Gasteiger partial charge in [-0.2, -0.15) is 0 Å². The third-order valence-corrected chi connectivity index (χ3v) is 3.91. The van der Waals surface area contributed by atoms with Crippen LogP contribution in [0, 0.1) is 0 Å². The molecule has 1 fully saturated rings. The standard InChI is InChI=1S/C16H22N4/c17-16-5-2-1-4-14(16)12-20(15-6-7-15)10-3-9-19-11-8-18-13-19/h1-2,4-5,8,11,13,15H,3,6-7,9-10,12,17H2. The van der Waals surface area contributed by atoms with E-state index in [4.69, 9.17) is 5.73 Å². The molecule has 1 saturated carbocycles. The second-order valence-electron chi connectivity index (χ2n) is 5.55. The van der Waals surface area contributed by atoms with Crippen molar-refractivity contribution in [1.29, 1.82) is 0 Å². The molecule has 1 aromatic carbocycles. The molecule has 0 atom stereocenters. The summed E-state index contributed by atoms with van der Waals surface area (Å²) in [6.45, 7) is 3.13. The molecule has 2 aromatic rings. The van der Waals surface area contributed by atoms with Crippen molar-refractivity contribution < 1.29 is 0 Å². The van der Waals surface area contributed by atoms with Crippen LogP contribution in [0.3, 0.4) is 0 Å². The van der Waals surface area contributed by atoms with Gasteiger partial charge in [-0.05, 0) is 30.9 Å². The van der Waals surface area contributed by atoms with E-state index in [-0.39, 0.29) is 0 Å². The SMILES string of the molecule is Nc1ccccc1CN(CCCn1ccnc1)C1CC1. The van der Waals surface area contributed by atoms with Crippen LogP contribution in [-0.4, -0.2) is 27.0 Å². The van der Waals surface area contributed by atoms with Crippen LogP contribution in [0.25, 0.3) is 0 Å². The molecule has 0 aliphatic heterocycles. The molecular formula is C16H22N4. The summed E-state index contributed by atoms with van der Waals surface area (Å²) in [7, 11) is 0. The third-order valence-electron chi connectivity index (χ3n) is 3.91. The molecule has 0 bridgehead atoms. The van der Waals surface area contributed by atoms with Gasteiger partial charge in [0.05, 0.1) is 6.33 Å². The second kappa shape index (κ2) is 6.09. The highest BCUT2D eigenvalue weighted by Gasteiger charge is 2.28. The lowest BCUT2D eigenvalue weighted by molar-refractivity contribution is 0.247. The average Bonchev–Trinajstić information content (AvgIpc) is 3.17. The first kappa shape index (κ1) is 13.2. The quantitative estimate of drug-likeness (QED) is 0.786. The maximum absolute atomic E-state index is 6.06. The van der Waals surface area contributed by atoms with Gasteiger partial charge in [0.15, 0.2) is 0 Å². The summed E-state index contributed by atoms with van der Waals surface area (Å²) in [6.07, 6.45) is 9.56. The number of hydrogen-bond donors (Lipinski definition) is 1. The Morgan fingerprint density at radius 2 is 2.15 bits per heavy atom. The molecule has 20 heavy (non-hydrogen) atoms. The predicted molar refractivity (Wildman–Crippen MR) is 81.1 cm³/mol. The van der Waals surface area contributed by atoms with Gasteiger partial charge in [-0.3, -0.25) is 4.90 Å². The van der Waals surface area contributed by atoms with Crippen molar-refractivity contribution in [1.82, 2.24) is 14.5 Å². The van der Waals surface area contributed by atoms with Crippen LogP contribution in [0.2, 0.25) is 0 Å². The number of imidazole rings is 1. The number of nitrogens with two attached hydrogens (primary N) is 1. The van der Waals surface area contributed by atoms with E-state index < -0.39 is 0 Å². The Balaban J connectivity index is 1.55. The van der Waals surface area contributed by atoms with Crippen molar-refractivity contribution in [3.8, 4) is 0 Å². The van der Waals surface area contributed by atoms with Crippen LogP contribution in [0.5, 0.6) is 0 Å². The molecule has 0 radical (unpaired) electrons. The zero-order valence-electron chi connectivity index (χ0n) is 11.8. The highest BCUT2D eigenvalue weighted by atomic mass is 15.2. The van der Waals surface area contributed by atoms with Crippen LogP contribution in [0.15, 0.2) is 43.0 Å². The summed E-state index contributed by atoms with van der Waals surface area (Å²) in [4.78, 5) is 6.65. The maximum Gasteiger partial charge on any atom is 0.0945 e. The van der Waals surface area contributed by atoms with E-state index in [1.54, 1.807) is 0 Å². The fraction of sp³-hybridized carbons (Fsp3) is 0.438. The molecule has 1 heterocycles. The van der Waals surface area contributed by atoms with E-state index in [1.165, 1.54) is 18.4 Å². The highest BCUT2D eigenvalue weighted by molar-refractivity contribution is 5.46. The largest absolute Gasteiger partial charge is 0.398 e. The summed E-state index contributed by atoms with van der Waals surface area (Å²) in [5, 5.41) is 0. The summed E-state index contributed by atoms with van der Waals surface area (Å²) >= 11 is 0. The van der Waals surface area contributed by atoms with E-state index in [2.05, 4.69) is 26.6 Å². The zero-order valence-corrected chi connectivity index (χ0v) is 11.8. The van der Waals surface area contributed by atoms with Crippen molar-refractivity contribution >= 4 is 5.69 Å². The van der Waals surface area contributed by atoms with Crippen LogP contribution >= 0.6 is 0 Å². The molecule has 0 unspecified atom stereocenters. The van der Waals surface area contributed by atoms with E-state index >= 15 is 0 Å². The zero-order chi connectivity index (χ0) is 13.8. The normalized spacial score (nSPS) is 14.8. The first-order valence-corrected chi connectivity index (χ1v) is 7.36. The number of nitrogens with zero attached hydrogens (tertiary/aromatic N) is 3. The van der Waals surface area contributed by atoms with Gasteiger partial charge in [-0.25, -0.2) is 4.98 Å². The molecule has 1 aromatic heterocycles. The Hall–Kier alpha value is -1.81. The summed E-state index contributed by atoms with van der Waals surface area (Å²) in [5.74, 6) is 0. The van der Waals surface area contributed by atoms with E-state index in [1.807, 2.05) is 30.9 Å². The van der Waals surface area contributed by atoms with Gasteiger partial charge < -0.3 is 10.3 Å². The van der Waals surface area contributed by atoms with Crippen molar-refractivity contribution in [3.05, 3.63) is 48.5 Å². The smallest absolute Gasteiger partial charge is 0.0945 e. The summed E-state index contributed by atoms with van der Waals surface area (Å²) in [5.41, 5.74) is 8.22. The Bertz CT molecular complexity index is 531. The topological polar surface area (TPSA) is 47.1 Å². The molecule has 0 spiro atoms. The van der Waals surface area contributed by atoms with E-state index in [9.17, 15) is 0 Å². The Morgan fingerprint density at radius 1 is 1.30 bits per heavy atom. The summed E-state index contributed by atoms with van der Waals surface area (Å²) in [6, 6.07) is 8.96. The minimum absolute atomic E-state index is 0.761. The maximum atomic E-state index is 6.06. The highest BCUT2D eigenvalue weighted by Crippen LogP contribution is 2.29. The number of anilines is 1. The van der Waals surface area contributed by atoms with Gasteiger partial charge in [0, 0.05) is 43.8 Å². The first-order chi connectivity index (χ1) is 9.83. The molecule has 3 rings (SSSR count). The lowest BCUT2D eigenvalue weighted by Crippen LogP contribution is -2.27. The lowest BCUT2D eigenvalue weighted by atomic mass is 10.1. The minimum atomic E-state index is 0.761. The van der Waals surface area contributed by atoms with Crippen LogP contribution in [-0.2, 0) is 13.1 Å². The minimum Gasteiger partial charge on any atom is -0.398 e. The van der Waals surface area contributed by atoms with Gasteiger partial charge in [0.2, 0.25) is 0 Å². The van der Waals surface area contributed by atoms with Gasteiger partial charge in [0.1, 0.15) is 0 Å². The lowest BCUT2D eigenvalue weighted by Gasteiger charge is -2.23. The fourth-order valence-corrected chi connectivity index (χ4v) is 2.60.